The van der Waals surface area contributed by atoms with Gasteiger partial charge in [0.25, 0.3) is 0 Å². The fourth-order valence-electron chi connectivity index (χ4n) is 1.51. The lowest BCUT2D eigenvalue weighted by molar-refractivity contribution is 0.0699. The second kappa shape index (κ2) is 4.02. The molecule has 1 aromatic heterocycles. The smallest absolute Gasteiger partial charge is 0.340 e. The number of halogens is 1. The van der Waals surface area contributed by atoms with Crippen LogP contribution in [0.1, 0.15) is 10.4 Å². The Morgan fingerprint density at radius 3 is 2.50 bits per heavy atom. The number of nitrogens with two attached hydrogens (primary N) is 1. The first kappa shape index (κ1) is 10.8. The number of benzene rings is 1. The number of hydrogen-bond acceptors (Lipinski definition) is 2. The Hall–Kier alpha value is -1.75. The number of carboxylic acid groups (broad SMARTS) is 1. The number of aromatic carboxylic acids is 1. The highest BCUT2D eigenvalue weighted by molar-refractivity contribution is 9.10. The monoisotopic (exact) mass is 280 g/mol. The van der Waals surface area contributed by atoms with Crippen LogP contribution in [0, 0.1) is 0 Å². The van der Waals surface area contributed by atoms with E-state index in [-0.39, 0.29) is 11.3 Å². The van der Waals surface area contributed by atoms with Gasteiger partial charge in [-0.3, -0.25) is 0 Å². The van der Waals surface area contributed by atoms with E-state index in [1.165, 1.54) is 6.20 Å². The van der Waals surface area contributed by atoms with Gasteiger partial charge in [-0.05, 0) is 17.7 Å². The summed E-state index contributed by atoms with van der Waals surface area (Å²) in [6.45, 7) is 0. The van der Waals surface area contributed by atoms with Crippen LogP contribution in [0.15, 0.2) is 34.9 Å². The normalized spacial score (nSPS) is 10.3. The molecular weight excluding hydrogens is 272 g/mol. The van der Waals surface area contributed by atoms with Crippen molar-refractivity contribution in [1.29, 1.82) is 0 Å². The Morgan fingerprint density at radius 1 is 1.31 bits per heavy atom. The highest BCUT2D eigenvalue weighted by Gasteiger charge is 2.16. The van der Waals surface area contributed by atoms with E-state index in [9.17, 15) is 4.79 Å². The average Bonchev–Trinajstić information content (AvgIpc) is 2.61. The first-order chi connectivity index (χ1) is 7.59. The molecule has 2 rings (SSSR count). The Bertz CT molecular complexity index is 531. The van der Waals surface area contributed by atoms with Gasteiger partial charge in [0.05, 0.1) is 11.4 Å². The average molecular weight is 281 g/mol. The molecule has 1 aromatic carbocycles. The molecule has 82 valence electrons. The number of carbonyl (C=O) groups is 1. The first-order valence-electron chi connectivity index (χ1n) is 4.55. The number of hydrogen-bond donors (Lipinski definition) is 3. The van der Waals surface area contributed by atoms with Gasteiger partial charge >= 0.3 is 5.97 Å². The van der Waals surface area contributed by atoms with Crippen molar-refractivity contribution in [1.82, 2.24) is 4.98 Å². The lowest BCUT2D eigenvalue weighted by Crippen LogP contribution is -2.00. The maximum absolute atomic E-state index is 11.0. The van der Waals surface area contributed by atoms with Gasteiger partial charge < -0.3 is 15.8 Å². The van der Waals surface area contributed by atoms with Crippen LogP contribution in [0.5, 0.6) is 0 Å². The summed E-state index contributed by atoms with van der Waals surface area (Å²) in [5.74, 6) is -1.03. The van der Waals surface area contributed by atoms with Crippen LogP contribution < -0.4 is 5.73 Å². The van der Waals surface area contributed by atoms with E-state index in [4.69, 9.17) is 10.8 Å². The molecule has 4 N–H and O–H groups in total. The van der Waals surface area contributed by atoms with Gasteiger partial charge in [-0.25, -0.2) is 4.79 Å². The molecule has 0 radical (unpaired) electrons. The maximum Gasteiger partial charge on any atom is 0.340 e. The molecule has 0 aliphatic rings. The largest absolute Gasteiger partial charge is 0.478 e. The summed E-state index contributed by atoms with van der Waals surface area (Å²) in [5, 5.41) is 9.04. The quantitative estimate of drug-likeness (QED) is 0.791. The van der Waals surface area contributed by atoms with Gasteiger partial charge in [0.2, 0.25) is 0 Å². The summed E-state index contributed by atoms with van der Waals surface area (Å²) in [6.07, 6.45) is 1.49. The first-order valence-corrected chi connectivity index (χ1v) is 5.35. The van der Waals surface area contributed by atoms with Crippen molar-refractivity contribution >= 4 is 27.6 Å². The molecule has 0 spiro atoms. The lowest BCUT2D eigenvalue weighted by atomic mass is 10.1. The number of carboxylic acids is 1. The molecule has 0 saturated heterocycles. The fraction of sp³-hybridized carbons (Fsp3) is 0. The van der Waals surface area contributed by atoms with Crippen LogP contribution in [-0.2, 0) is 0 Å². The van der Waals surface area contributed by atoms with Crippen molar-refractivity contribution in [2.24, 2.45) is 0 Å². The number of anilines is 1. The van der Waals surface area contributed by atoms with Crippen LogP contribution in [0.25, 0.3) is 11.3 Å². The predicted octanol–water partition coefficient (Wildman–Crippen LogP) is 2.72. The van der Waals surface area contributed by atoms with E-state index in [0.717, 1.165) is 10.0 Å². The van der Waals surface area contributed by atoms with Crippen LogP contribution in [0.3, 0.4) is 0 Å². The molecule has 2 aromatic rings. The highest BCUT2D eigenvalue weighted by Crippen LogP contribution is 2.27. The molecule has 0 fully saturated rings. The molecule has 0 aliphatic heterocycles. The van der Waals surface area contributed by atoms with E-state index in [1.54, 1.807) is 0 Å². The number of nitrogens with one attached hydrogen (secondary N) is 1. The fourth-order valence-corrected chi connectivity index (χ4v) is 1.78. The minimum Gasteiger partial charge on any atom is -0.478 e. The molecule has 0 saturated carbocycles. The summed E-state index contributed by atoms with van der Waals surface area (Å²) in [4.78, 5) is 13.9. The van der Waals surface area contributed by atoms with E-state index in [1.807, 2.05) is 24.3 Å². The topological polar surface area (TPSA) is 79.1 Å². The highest BCUT2D eigenvalue weighted by atomic mass is 79.9. The third kappa shape index (κ3) is 1.81. The van der Waals surface area contributed by atoms with Crippen LogP contribution >= 0.6 is 15.9 Å². The Kier molecular flexibility index (Phi) is 2.70. The second-order valence-electron chi connectivity index (χ2n) is 3.31. The number of rotatable bonds is 2. The molecule has 1 heterocycles. The summed E-state index contributed by atoms with van der Waals surface area (Å²) >= 11 is 3.32. The maximum atomic E-state index is 11.0. The van der Waals surface area contributed by atoms with Crippen molar-refractivity contribution in [2.75, 3.05) is 5.73 Å². The standard InChI is InChI=1S/C11H9BrN2O2/c12-7-3-1-6(2-4-7)10-9(11(15)16)8(13)5-14-10/h1-5,14H,13H2,(H,15,16). The number of aromatic nitrogens is 1. The molecule has 0 atom stereocenters. The zero-order chi connectivity index (χ0) is 11.7. The molecule has 0 bridgehead atoms. The van der Waals surface area contributed by atoms with Gasteiger partial charge in [-0.2, -0.15) is 0 Å². The van der Waals surface area contributed by atoms with Crippen LogP contribution in [-0.4, -0.2) is 16.1 Å². The van der Waals surface area contributed by atoms with Crippen LogP contribution in [0.2, 0.25) is 0 Å². The summed E-state index contributed by atoms with van der Waals surface area (Å²) in [6, 6.07) is 7.33. The van der Waals surface area contributed by atoms with E-state index < -0.39 is 5.97 Å². The van der Waals surface area contributed by atoms with Gasteiger partial charge in [0, 0.05) is 10.7 Å². The summed E-state index contributed by atoms with van der Waals surface area (Å²) < 4.78 is 0.938. The Labute approximate surface area is 100 Å². The van der Waals surface area contributed by atoms with Crippen molar-refractivity contribution in [3.63, 3.8) is 0 Å². The van der Waals surface area contributed by atoms with E-state index >= 15 is 0 Å². The number of aromatic amines is 1. The van der Waals surface area contributed by atoms with Crippen molar-refractivity contribution in [2.45, 2.75) is 0 Å². The van der Waals surface area contributed by atoms with E-state index in [2.05, 4.69) is 20.9 Å². The second-order valence-corrected chi connectivity index (χ2v) is 4.22. The lowest BCUT2D eigenvalue weighted by Gasteiger charge is -2.01. The summed E-state index contributed by atoms with van der Waals surface area (Å²) in [5.41, 5.74) is 7.26. The predicted molar refractivity (Wildman–Crippen MR) is 65.3 cm³/mol. The summed E-state index contributed by atoms with van der Waals surface area (Å²) in [7, 11) is 0. The zero-order valence-electron chi connectivity index (χ0n) is 8.20. The minimum atomic E-state index is -1.03. The van der Waals surface area contributed by atoms with Crippen molar-refractivity contribution in [3.05, 3.63) is 40.5 Å². The van der Waals surface area contributed by atoms with Crippen LogP contribution in [0.4, 0.5) is 5.69 Å². The molecular formula is C11H9BrN2O2. The Morgan fingerprint density at radius 2 is 1.94 bits per heavy atom. The number of H-pyrrole nitrogens is 1. The molecule has 5 heteroatoms. The molecule has 0 aliphatic carbocycles. The van der Waals surface area contributed by atoms with Crippen molar-refractivity contribution in [3.8, 4) is 11.3 Å². The molecule has 4 nitrogen and oxygen atoms in total. The van der Waals surface area contributed by atoms with E-state index in [0.29, 0.717) is 5.69 Å². The molecule has 0 amide bonds. The van der Waals surface area contributed by atoms with Gasteiger partial charge in [-0.15, -0.1) is 0 Å². The minimum absolute atomic E-state index is 0.113. The Balaban J connectivity index is 2.56. The van der Waals surface area contributed by atoms with Gasteiger partial charge in [0.1, 0.15) is 5.56 Å². The third-order valence-electron chi connectivity index (χ3n) is 2.26. The van der Waals surface area contributed by atoms with Gasteiger partial charge in [-0.1, -0.05) is 28.1 Å². The molecule has 16 heavy (non-hydrogen) atoms. The van der Waals surface area contributed by atoms with Gasteiger partial charge in [0.15, 0.2) is 0 Å². The molecule has 0 unspecified atom stereocenters. The SMILES string of the molecule is Nc1c[nH]c(-c2ccc(Br)cc2)c1C(=O)O. The third-order valence-corrected chi connectivity index (χ3v) is 2.79. The van der Waals surface area contributed by atoms with Crippen molar-refractivity contribution < 1.29 is 9.90 Å². The zero-order valence-corrected chi connectivity index (χ0v) is 9.78. The number of nitrogen functional groups attached to an aromatic ring is 1.